The Hall–Kier alpha value is -2.76. The van der Waals surface area contributed by atoms with Crippen LogP contribution >= 0.6 is 0 Å². The van der Waals surface area contributed by atoms with E-state index in [1.54, 1.807) is 12.1 Å². The van der Waals surface area contributed by atoms with E-state index in [0.717, 1.165) is 37.8 Å². The average molecular weight is 426 g/mol. The number of carbonyl (C=O) groups excluding carboxylic acids is 2. The van der Waals surface area contributed by atoms with Crippen LogP contribution in [0.4, 0.5) is 0 Å². The Kier molecular flexibility index (Phi) is 5.58. The summed E-state index contributed by atoms with van der Waals surface area (Å²) in [7, 11) is 1.49. The SMILES string of the molecule is COc1ccc([C@@H]2C(C(=O)OC3CCCC3)=C(C)NC3=C2C(=O)CC(C)(C)C3)cc1O. The Morgan fingerprint density at radius 3 is 2.55 bits per heavy atom. The highest BCUT2D eigenvalue weighted by Crippen LogP contribution is 2.48. The largest absolute Gasteiger partial charge is 0.504 e. The Balaban J connectivity index is 1.80. The van der Waals surface area contributed by atoms with Crippen molar-refractivity contribution >= 4 is 11.8 Å². The number of phenolic OH excluding ortho intramolecular Hbond substituents is 1. The summed E-state index contributed by atoms with van der Waals surface area (Å²) in [6.45, 7) is 6.01. The summed E-state index contributed by atoms with van der Waals surface area (Å²) < 4.78 is 11.0. The van der Waals surface area contributed by atoms with Crippen molar-refractivity contribution in [3.63, 3.8) is 0 Å². The third-order valence-corrected chi connectivity index (χ3v) is 6.57. The number of hydrogen-bond donors (Lipinski definition) is 2. The summed E-state index contributed by atoms with van der Waals surface area (Å²) >= 11 is 0. The number of ketones is 1. The number of phenols is 1. The van der Waals surface area contributed by atoms with Gasteiger partial charge in [-0.3, -0.25) is 4.79 Å². The van der Waals surface area contributed by atoms with Gasteiger partial charge in [0.15, 0.2) is 17.3 Å². The Labute approximate surface area is 183 Å². The fraction of sp³-hybridized carbons (Fsp3) is 0.520. The third kappa shape index (κ3) is 4.08. The highest BCUT2D eigenvalue weighted by atomic mass is 16.5. The molecule has 1 saturated carbocycles. The van der Waals surface area contributed by atoms with Crippen LogP contribution in [0.3, 0.4) is 0 Å². The molecule has 1 atom stereocenters. The van der Waals surface area contributed by atoms with Crippen molar-refractivity contribution in [2.45, 2.75) is 71.3 Å². The van der Waals surface area contributed by atoms with Crippen LogP contribution in [0.2, 0.25) is 0 Å². The Morgan fingerprint density at radius 1 is 1.19 bits per heavy atom. The zero-order valence-corrected chi connectivity index (χ0v) is 18.7. The molecule has 0 bridgehead atoms. The minimum Gasteiger partial charge on any atom is -0.504 e. The molecule has 0 aromatic heterocycles. The van der Waals surface area contributed by atoms with Crippen molar-refractivity contribution in [3.8, 4) is 11.5 Å². The molecule has 31 heavy (non-hydrogen) atoms. The van der Waals surface area contributed by atoms with Gasteiger partial charge in [-0.25, -0.2) is 4.79 Å². The highest BCUT2D eigenvalue weighted by molar-refractivity contribution is 6.04. The van der Waals surface area contributed by atoms with Gasteiger partial charge in [0.2, 0.25) is 0 Å². The average Bonchev–Trinajstić information content (AvgIpc) is 3.18. The van der Waals surface area contributed by atoms with Gasteiger partial charge in [-0.05, 0) is 62.1 Å². The molecule has 1 heterocycles. The lowest BCUT2D eigenvalue weighted by molar-refractivity contribution is -0.144. The predicted molar refractivity (Wildman–Crippen MR) is 117 cm³/mol. The van der Waals surface area contributed by atoms with Gasteiger partial charge in [0, 0.05) is 29.3 Å². The van der Waals surface area contributed by atoms with Crippen molar-refractivity contribution in [1.82, 2.24) is 5.32 Å². The van der Waals surface area contributed by atoms with E-state index in [2.05, 4.69) is 19.2 Å². The number of ether oxygens (including phenoxy) is 2. The summed E-state index contributed by atoms with van der Waals surface area (Å²) in [5, 5.41) is 13.8. The van der Waals surface area contributed by atoms with Gasteiger partial charge < -0.3 is 19.9 Å². The maximum Gasteiger partial charge on any atom is 0.337 e. The van der Waals surface area contributed by atoms with Crippen LogP contribution in [-0.2, 0) is 14.3 Å². The molecule has 6 nitrogen and oxygen atoms in total. The van der Waals surface area contributed by atoms with Crippen molar-refractivity contribution in [2.24, 2.45) is 5.41 Å². The van der Waals surface area contributed by atoms with E-state index in [4.69, 9.17) is 9.47 Å². The third-order valence-electron chi connectivity index (χ3n) is 6.57. The zero-order valence-electron chi connectivity index (χ0n) is 18.7. The molecule has 0 saturated heterocycles. The smallest absolute Gasteiger partial charge is 0.337 e. The molecule has 0 spiro atoms. The number of nitrogens with one attached hydrogen (secondary N) is 1. The number of carbonyl (C=O) groups is 2. The van der Waals surface area contributed by atoms with Crippen molar-refractivity contribution in [1.29, 1.82) is 0 Å². The molecule has 166 valence electrons. The summed E-state index contributed by atoms with van der Waals surface area (Å²) in [5.74, 6) is -0.617. The maximum absolute atomic E-state index is 13.3. The maximum atomic E-state index is 13.3. The first-order valence-corrected chi connectivity index (χ1v) is 11.0. The molecule has 1 aromatic rings. The lowest BCUT2D eigenvalue weighted by Gasteiger charge is -2.39. The number of methoxy groups -OCH3 is 1. The number of Topliss-reactive ketones (excluding diaryl/α,β-unsaturated/α-hetero) is 1. The van der Waals surface area contributed by atoms with Crippen molar-refractivity contribution in [3.05, 3.63) is 46.3 Å². The lowest BCUT2D eigenvalue weighted by atomic mass is 9.68. The highest BCUT2D eigenvalue weighted by Gasteiger charge is 2.43. The Bertz CT molecular complexity index is 982. The minimum absolute atomic E-state index is 0.0227. The predicted octanol–water partition coefficient (Wildman–Crippen LogP) is 4.49. The van der Waals surface area contributed by atoms with E-state index in [1.165, 1.54) is 7.11 Å². The molecule has 2 N–H and O–H groups in total. The van der Waals surface area contributed by atoms with E-state index in [0.29, 0.717) is 34.6 Å². The summed E-state index contributed by atoms with van der Waals surface area (Å²) in [5.41, 5.74) is 3.13. The van der Waals surface area contributed by atoms with E-state index < -0.39 is 5.92 Å². The van der Waals surface area contributed by atoms with Crippen molar-refractivity contribution < 1.29 is 24.2 Å². The second kappa shape index (κ2) is 8.06. The van der Waals surface area contributed by atoms with Gasteiger partial charge >= 0.3 is 5.97 Å². The van der Waals surface area contributed by atoms with E-state index in [9.17, 15) is 14.7 Å². The standard InChI is InChI=1S/C25H31NO5/c1-14-21(24(29)31-16-7-5-6-8-16)22(15-9-10-20(30-4)18(27)11-15)23-17(26-14)12-25(2,3)13-19(23)28/h9-11,16,22,26-27H,5-8,12-13H2,1-4H3/t22-/m1/s1. The molecular weight excluding hydrogens is 394 g/mol. The fourth-order valence-electron chi connectivity index (χ4n) is 5.15. The van der Waals surface area contributed by atoms with Crippen LogP contribution in [0.1, 0.15) is 70.8 Å². The topological polar surface area (TPSA) is 84.9 Å². The second-order valence-electron chi connectivity index (χ2n) is 9.67. The van der Waals surface area contributed by atoms with Gasteiger partial charge in [-0.2, -0.15) is 0 Å². The summed E-state index contributed by atoms with van der Waals surface area (Å²) in [6, 6.07) is 5.06. The van der Waals surface area contributed by atoms with Gasteiger partial charge in [-0.1, -0.05) is 19.9 Å². The first-order valence-electron chi connectivity index (χ1n) is 11.0. The normalized spacial score (nSPS) is 23.5. The molecule has 0 radical (unpaired) electrons. The molecule has 2 aliphatic carbocycles. The van der Waals surface area contributed by atoms with Gasteiger partial charge in [0.05, 0.1) is 12.7 Å². The molecule has 4 rings (SSSR count). The van der Waals surface area contributed by atoms with E-state index in [1.807, 2.05) is 13.0 Å². The summed E-state index contributed by atoms with van der Waals surface area (Å²) in [4.78, 5) is 26.6. The van der Waals surface area contributed by atoms with Crippen LogP contribution in [0.25, 0.3) is 0 Å². The lowest BCUT2D eigenvalue weighted by Crippen LogP contribution is -2.39. The molecule has 0 amide bonds. The van der Waals surface area contributed by atoms with Crippen LogP contribution in [-0.4, -0.2) is 30.1 Å². The monoisotopic (exact) mass is 425 g/mol. The number of hydrogen-bond acceptors (Lipinski definition) is 6. The van der Waals surface area contributed by atoms with Crippen LogP contribution < -0.4 is 10.1 Å². The van der Waals surface area contributed by atoms with Gasteiger partial charge in [0.1, 0.15) is 6.10 Å². The van der Waals surface area contributed by atoms with Gasteiger partial charge in [-0.15, -0.1) is 0 Å². The number of esters is 1. The van der Waals surface area contributed by atoms with Crippen LogP contribution in [0, 0.1) is 5.41 Å². The van der Waals surface area contributed by atoms with Crippen molar-refractivity contribution in [2.75, 3.05) is 7.11 Å². The first-order chi connectivity index (χ1) is 14.7. The molecule has 1 aromatic carbocycles. The molecule has 1 aliphatic heterocycles. The van der Waals surface area contributed by atoms with E-state index >= 15 is 0 Å². The fourth-order valence-corrected chi connectivity index (χ4v) is 5.15. The van der Waals surface area contributed by atoms with Crippen LogP contribution in [0.15, 0.2) is 40.7 Å². The molecule has 3 aliphatic rings. The number of dihydropyridines is 1. The quantitative estimate of drug-likeness (QED) is 0.692. The number of allylic oxidation sites excluding steroid dienone is 3. The molecular formula is C25H31NO5. The summed E-state index contributed by atoms with van der Waals surface area (Å²) in [6.07, 6.45) is 4.93. The van der Waals surface area contributed by atoms with Crippen LogP contribution in [0.5, 0.6) is 11.5 Å². The van der Waals surface area contributed by atoms with Gasteiger partial charge in [0.25, 0.3) is 0 Å². The minimum atomic E-state index is -0.578. The van der Waals surface area contributed by atoms with E-state index in [-0.39, 0.29) is 29.0 Å². The molecule has 6 heteroatoms. The number of rotatable bonds is 4. The molecule has 0 unspecified atom stereocenters. The first kappa shape index (κ1) is 21.5. The zero-order chi connectivity index (χ0) is 22.3. The second-order valence-corrected chi connectivity index (χ2v) is 9.67. The molecule has 1 fully saturated rings. The number of benzene rings is 1. The Morgan fingerprint density at radius 2 is 1.90 bits per heavy atom. The number of aromatic hydroxyl groups is 1.